The second kappa shape index (κ2) is 8.92. The summed E-state index contributed by atoms with van der Waals surface area (Å²) in [4.78, 5) is 17.9. The van der Waals surface area contributed by atoms with E-state index in [2.05, 4.69) is 16.0 Å². The minimum atomic E-state index is -0.582. The number of aromatic amines is 1. The van der Waals surface area contributed by atoms with Gasteiger partial charge in [-0.25, -0.2) is 4.98 Å². The number of hydrogen-bond acceptors (Lipinski definition) is 7. The summed E-state index contributed by atoms with van der Waals surface area (Å²) in [6.07, 6.45) is 1.66. The fraction of sp³-hybridized carbons (Fsp3) is 0.0417. The standard InChI is InChI=1S/C24H15N5O4/c1-32-23-11-15(10-17(14-26)24-27-19-4-2-3-5-20(19)28-24)6-8-22(23)33-21-9-7-18(29(30)31)12-16(21)13-25/h2-12H,1H3,(H,27,28)/b17-10+. The van der Waals surface area contributed by atoms with Gasteiger partial charge in [-0.2, -0.15) is 10.5 Å². The minimum Gasteiger partial charge on any atom is -0.493 e. The lowest BCUT2D eigenvalue weighted by atomic mass is 10.1. The lowest BCUT2D eigenvalue weighted by molar-refractivity contribution is -0.384. The van der Waals surface area contributed by atoms with Crippen molar-refractivity contribution < 1.29 is 14.4 Å². The first-order valence-electron chi connectivity index (χ1n) is 9.63. The maximum atomic E-state index is 10.9. The van der Waals surface area contributed by atoms with Gasteiger partial charge in [-0.1, -0.05) is 18.2 Å². The molecule has 0 aliphatic carbocycles. The van der Waals surface area contributed by atoms with Crippen molar-refractivity contribution in [1.29, 1.82) is 10.5 Å². The Labute approximate surface area is 187 Å². The molecule has 0 spiro atoms. The summed E-state index contributed by atoms with van der Waals surface area (Å²) in [5.74, 6) is 1.27. The predicted octanol–water partition coefficient (Wildman–Crippen LogP) is 5.21. The molecule has 4 rings (SSSR count). The number of ether oxygens (including phenoxy) is 2. The molecule has 4 aromatic rings. The molecule has 1 heterocycles. The van der Waals surface area contributed by atoms with Gasteiger partial charge in [-0.15, -0.1) is 0 Å². The molecule has 9 heteroatoms. The van der Waals surface area contributed by atoms with Crippen molar-refractivity contribution in [3.63, 3.8) is 0 Å². The maximum Gasteiger partial charge on any atom is 0.271 e. The number of methoxy groups -OCH3 is 1. The van der Waals surface area contributed by atoms with Crippen LogP contribution in [0.1, 0.15) is 17.0 Å². The van der Waals surface area contributed by atoms with Crippen LogP contribution in [-0.2, 0) is 0 Å². The van der Waals surface area contributed by atoms with Crippen LogP contribution in [0.3, 0.4) is 0 Å². The normalized spacial score (nSPS) is 10.9. The van der Waals surface area contributed by atoms with Crippen molar-refractivity contribution >= 4 is 28.4 Å². The molecule has 0 saturated carbocycles. The van der Waals surface area contributed by atoms with Gasteiger partial charge in [0, 0.05) is 12.1 Å². The largest absolute Gasteiger partial charge is 0.493 e. The zero-order valence-electron chi connectivity index (χ0n) is 17.3. The summed E-state index contributed by atoms with van der Waals surface area (Å²) < 4.78 is 11.2. The highest BCUT2D eigenvalue weighted by atomic mass is 16.6. The van der Waals surface area contributed by atoms with E-state index in [0.29, 0.717) is 28.5 Å². The highest BCUT2D eigenvalue weighted by Crippen LogP contribution is 2.35. The van der Waals surface area contributed by atoms with Gasteiger partial charge >= 0.3 is 0 Å². The van der Waals surface area contributed by atoms with E-state index in [1.54, 1.807) is 24.3 Å². The van der Waals surface area contributed by atoms with E-state index in [9.17, 15) is 20.6 Å². The van der Waals surface area contributed by atoms with Crippen molar-refractivity contribution in [3.05, 3.63) is 87.7 Å². The molecule has 1 N–H and O–H groups in total. The minimum absolute atomic E-state index is 0.0203. The van der Waals surface area contributed by atoms with E-state index in [4.69, 9.17) is 9.47 Å². The van der Waals surface area contributed by atoms with Crippen molar-refractivity contribution in [1.82, 2.24) is 9.97 Å². The Morgan fingerprint density at radius 2 is 1.88 bits per heavy atom. The first-order valence-corrected chi connectivity index (χ1v) is 9.63. The topological polar surface area (TPSA) is 138 Å². The fourth-order valence-electron chi connectivity index (χ4n) is 3.19. The van der Waals surface area contributed by atoms with Gasteiger partial charge in [0.05, 0.1) is 28.6 Å². The fourth-order valence-corrected chi connectivity index (χ4v) is 3.19. The van der Waals surface area contributed by atoms with Gasteiger partial charge < -0.3 is 14.5 Å². The summed E-state index contributed by atoms with van der Waals surface area (Å²) in [5, 5.41) is 29.9. The molecule has 0 amide bonds. The van der Waals surface area contributed by atoms with Crippen molar-refractivity contribution in [2.75, 3.05) is 7.11 Å². The van der Waals surface area contributed by atoms with Gasteiger partial charge in [0.15, 0.2) is 11.5 Å². The molecule has 0 bridgehead atoms. The molecule has 0 aliphatic rings. The van der Waals surface area contributed by atoms with Crippen LogP contribution < -0.4 is 9.47 Å². The number of nitrogens with zero attached hydrogens (tertiary/aromatic N) is 4. The molecule has 1 aromatic heterocycles. The van der Waals surface area contributed by atoms with Crippen LogP contribution in [-0.4, -0.2) is 22.0 Å². The lowest BCUT2D eigenvalue weighted by Gasteiger charge is -2.12. The van der Waals surface area contributed by atoms with Crippen LogP contribution in [0.25, 0.3) is 22.7 Å². The second-order valence-electron chi connectivity index (χ2n) is 6.83. The number of nitrogens with one attached hydrogen (secondary N) is 1. The van der Waals surface area contributed by atoms with Crippen LogP contribution in [0, 0.1) is 32.8 Å². The molecule has 33 heavy (non-hydrogen) atoms. The molecule has 0 saturated heterocycles. The monoisotopic (exact) mass is 437 g/mol. The second-order valence-corrected chi connectivity index (χ2v) is 6.83. The Morgan fingerprint density at radius 1 is 1.09 bits per heavy atom. The molecule has 0 fully saturated rings. The first-order chi connectivity index (χ1) is 16.0. The van der Waals surface area contributed by atoms with Crippen LogP contribution >= 0.6 is 0 Å². The molecule has 0 atom stereocenters. The number of imidazole rings is 1. The quantitative estimate of drug-likeness (QED) is 0.248. The van der Waals surface area contributed by atoms with E-state index >= 15 is 0 Å². The van der Waals surface area contributed by atoms with E-state index in [0.717, 1.165) is 17.1 Å². The van der Waals surface area contributed by atoms with Crippen molar-refractivity contribution in [2.24, 2.45) is 0 Å². The average Bonchev–Trinajstić information content (AvgIpc) is 3.27. The summed E-state index contributed by atoms with van der Waals surface area (Å²) in [5.41, 5.74) is 2.40. The number of rotatable bonds is 6. The highest BCUT2D eigenvalue weighted by Gasteiger charge is 2.15. The predicted molar refractivity (Wildman–Crippen MR) is 120 cm³/mol. The third kappa shape index (κ3) is 4.33. The number of fused-ring (bicyclic) bond motifs is 1. The number of non-ortho nitro benzene ring substituents is 1. The van der Waals surface area contributed by atoms with Crippen LogP contribution in [0.15, 0.2) is 60.7 Å². The number of hydrogen-bond donors (Lipinski definition) is 1. The number of nitro groups is 1. The van der Waals surface area contributed by atoms with E-state index < -0.39 is 4.92 Å². The Bertz CT molecular complexity index is 1460. The number of para-hydroxylation sites is 2. The smallest absolute Gasteiger partial charge is 0.271 e. The van der Waals surface area contributed by atoms with Gasteiger partial charge in [0.2, 0.25) is 0 Å². The third-order valence-electron chi connectivity index (χ3n) is 4.78. The summed E-state index contributed by atoms with van der Waals surface area (Å²) in [6, 6.07) is 20.3. The lowest BCUT2D eigenvalue weighted by Crippen LogP contribution is -1.95. The summed E-state index contributed by atoms with van der Waals surface area (Å²) >= 11 is 0. The van der Waals surface area contributed by atoms with Gasteiger partial charge in [-0.05, 0) is 42.0 Å². The Kier molecular flexibility index (Phi) is 5.70. The average molecular weight is 437 g/mol. The molecule has 3 aromatic carbocycles. The SMILES string of the molecule is COc1cc(/C=C(\C#N)c2nc3ccccc3[nH]2)ccc1Oc1ccc([N+](=O)[O-])cc1C#N. The van der Waals surface area contributed by atoms with E-state index in [-0.39, 0.29) is 17.0 Å². The third-order valence-corrected chi connectivity index (χ3v) is 4.78. The molecular formula is C24H15N5O4. The maximum absolute atomic E-state index is 10.9. The zero-order valence-corrected chi connectivity index (χ0v) is 17.3. The van der Waals surface area contributed by atoms with E-state index in [1.165, 1.54) is 19.2 Å². The Hall–Kier alpha value is -5.15. The Balaban J connectivity index is 1.66. The van der Waals surface area contributed by atoms with Gasteiger partial charge in [-0.3, -0.25) is 10.1 Å². The first kappa shape index (κ1) is 21.1. The number of H-pyrrole nitrogens is 1. The summed E-state index contributed by atoms with van der Waals surface area (Å²) in [6.45, 7) is 0. The highest BCUT2D eigenvalue weighted by molar-refractivity contribution is 5.90. The van der Waals surface area contributed by atoms with E-state index in [1.807, 2.05) is 30.3 Å². The van der Waals surface area contributed by atoms with Gasteiger partial charge in [0.1, 0.15) is 29.3 Å². The molecule has 160 valence electrons. The molecule has 0 radical (unpaired) electrons. The number of allylic oxidation sites excluding steroid dienone is 1. The molecular weight excluding hydrogens is 422 g/mol. The van der Waals surface area contributed by atoms with Crippen LogP contribution in [0.5, 0.6) is 17.2 Å². The van der Waals surface area contributed by atoms with Crippen molar-refractivity contribution in [3.8, 4) is 29.4 Å². The van der Waals surface area contributed by atoms with Gasteiger partial charge in [0.25, 0.3) is 5.69 Å². The van der Waals surface area contributed by atoms with Crippen LogP contribution in [0.2, 0.25) is 0 Å². The van der Waals surface area contributed by atoms with Crippen LogP contribution in [0.4, 0.5) is 5.69 Å². The van der Waals surface area contributed by atoms with Crippen molar-refractivity contribution in [2.45, 2.75) is 0 Å². The number of aromatic nitrogens is 2. The molecule has 0 aliphatic heterocycles. The number of benzene rings is 3. The molecule has 0 unspecified atom stereocenters. The molecule has 9 nitrogen and oxygen atoms in total. The zero-order chi connectivity index (χ0) is 23.4. The number of nitriles is 2. The summed E-state index contributed by atoms with van der Waals surface area (Å²) in [7, 11) is 1.46. The Morgan fingerprint density at radius 3 is 2.58 bits per heavy atom. The number of nitro benzene ring substituents is 1.